The molecule has 21 heavy (non-hydrogen) atoms. The molecule has 1 aromatic carbocycles. The molecule has 0 saturated carbocycles. The Morgan fingerprint density at radius 3 is 2.19 bits per heavy atom. The van der Waals surface area contributed by atoms with Crippen LogP contribution in [0.1, 0.15) is 57.9 Å². The quantitative estimate of drug-likeness (QED) is 0.612. The molecule has 2 unspecified atom stereocenters. The molecule has 1 rings (SSSR count). The maximum Gasteiger partial charge on any atom is 0.119 e. The zero-order chi connectivity index (χ0) is 15.5. The summed E-state index contributed by atoms with van der Waals surface area (Å²) in [6.45, 7) is 4.96. The van der Waals surface area contributed by atoms with Gasteiger partial charge in [-0.25, -0.2) is 0 Å². The molecular weight excluding hydrogens is 264 g/mol. The number of benzene rings is 1. The van der Waals surface area contributed by atoms with Crippen molar-refractivity contribution in [2.45, 2.75) is 71.0 Å². The first-order valence-corrected chi connectivity index (χ1v) is 8.25. The zero-order valence-electron chi connectivity index (χ0n) is 13.4. The van der Waals surface area contributed by atoms with E-state index in [4.69, 9.17) is 4.74 Å². The molecular formula is C18H30O3. The summed E-state index contributed by atoms with van der Waals surface area (Å²) in [7, 11) is 0. The SMILES string of the molecule is CCCCCOc1ccc(CCC(O)C(O)CCC)cc1. The smallest absolute Gasteiger partial charge is 0.119 e. The molecule has 0 spiro atoms. The fourth-order valence-corrected chi connectivity index (χ4v) is 2.29. The highest BCUT2D eigenvalue weighted by molar-refractivity contribution is 5.27. The molecule has 3 heteroatoms. The molecule has 0 aromatic heterocycles. The summed E-state index contributed by atoms with van der Waals surface area (Å²) >= 11 is 0. The highest BCUT2D eigenvalue weighted by Crippen LogP contribution is 2.16. The lowest BCUT2D eigenvalue weighted by Gasteiger charge is -2.17. The van der Waals surface area contributed by atoms with E-state index in [2.05, 4.69) is 6.92 Å². The minimum Gasteiger partial charge on any atom is -0.494 e. The van der Waals surface area contributed by atoms with E-state index in [1.54, 1.807) is 0 Å². The van der Waals surface area contributed by atoms with Gasteiger partial charge in [0, 0.05) is 0 Å². The van der Waals surface area contributed by atoms with Gasteiger partial charge in [0.2, 0.25) is 0 Å². The topological polar surface area (TPSA) is 49.7 Å². The van der Waals surface area contributed by atoms with Crippen molar-refractivity contribution in [1.29, 1.82) is 0 Å². The zero-order valence-corrected chi connectivity index (χ0v) is 13.4. The van der Waals surface area contributed by atoms with Crippen molar-refractivity contribution < 1.29 is 14.9 Å². The lowest BCUT2D eigenvalue weighted by molar-refractivity contribution is 0.00980. The number of hydrogen-bond acceptors (Lipinski definition) is 3. The van der Waals surface area contributed by atoms with Crippen LogP contribution in [0.3, 0.4) is 0 Å². The van der Waals surface area contributed by atoms with E-state index in [0.29, 0.717) is 12.8 Å². The van der Waals surface area contributed by atoms with Gasteiger partial charge in [-0.15, -0.1) is 0 Å². The third-order valence-electron chi connectivity index (χ3n) is 3.70. The lowest BCUT2D eigenvalue weighted by atomic mass is 10.0. The van der Waals surface area contributed by atoms with E-state index in [1.807, 2.05) is 31.2 Å². The Kier molecular flexibility index (Phi) is 9.11. The molecule has 2 N–H and O–H groups in total. The monoisotopic (exact) mass is 294 g/mol. The van der Waals surface area contributed by atoms with Gasteiger partial charge >= 0.3 is 0 Å². The molecule has 0 saturated heterocycles. The molecule has 0 aliphatic carbocycles. The van der Waals surface area contributed by atoms with Crippen LogP contribution in [-0.4, -0.2) is 29.0 Å². The van der Waals surface area contributed by atoms with Crippen molar-refractivity contribution in [2.24, 2.45) is 0 Å². The average Bonchev–Trinajstić information content (AvgIpc) is 2.50. The van der Waals surface area contributed by atoms with Gasteiger partial charge in [0.1, 0.15) is 5.75 Å². The van der Waals surface area contributed by atoms with E-state index in [1.165, 1.54) is 18.4 Å². The van der Waals surface area contributed by atoms with Crippen LogP contribution in [-0.2, 0) is 6.42 Å². The molecule has 0 amide bonds. The fraction of sp³-hybridized carbons (Fsp3) is 0.667. The molecule has 2 atom stereocenters. The Bertz CT molecular complexity index is 361. The number of aliphatic hydroxyl groups excluding tert-OH is 2. The van der Waals surface area contributed by atoms with Gasteiger partial charge in [0.05, 0.1) is 18.8 Å². The minimum atomic E-state index is -0.630. The third-order valence-corrected chi connectivity index (χ3v) is 3.70. The molecule has 0 aliphatic heterocycles. The van der Waals surface area contributed by atoms with Crippen molar-refractivity contribution in [3.05, 3.63) is 29.8 Å². The van der Waals surface area contributed by atoms with Crippen LogP contribution >= 0.6 is 0 Å². The lowest BCUT2D eigenvalue weighted by Crippen LogP contribution is -2.26. The first-order valence-electron chi connectivity index (χ1n) is 8.25. The Labute approximate surface area is 129 Å². The number of hydrogen-bond donors (Lipinski definition) is 2. The third kappa shape index (κ3) is 7.49. The van der Waals surface area contributed by atoms with Crippen LogP contribution in [0.5, 0.6) is 5.75 Å². The van der Waals surface area contributed by atoms with Crippen LogP contribution in [0.2, 0.25) is 0 Å². The van der Waals surface area contributed by atoms with Crippen molar-refractivity contribution in [1.82, 2.24) is 0 Å². The standard InChI is InChI=1S/C18H30O3/c1-3-5-6-14-21-16-11-8-15(9-12-16)10-13-18(20)17(19)7-4-2/h8-9,11-12,17-20H,3-7,10,13-14H2,1-2H3. The van der Waals surface area contributed by atoms with Gasteiger partial charge in [-0.2, -0.15) is 0 Å². The Balaban J connectivity index is 2.30. The fourth-order valence-electron chi connectivity index (χ4n) is 2.29. The van der Waals surface area contributed by atoms with Crippen LogP contribution in [0.15, 0.2) is 24.3 Å². The summed E-state index contributed by atoms with van der Waals surface area (Å²) < 4.78 is 5.67. The van der Waals surface area contributed by atoms with E-state index >= 15 is 0 Å². The molecule has 1 aromatic rings. The molecule has 0 radical (unpaired) electrons. The van der Waals surface area contributed by atoms with Gasteiger partial charge in [0.25, 0.3) is 0 Å². The van der Waals surface area contributed by atoms with Gasteiger partial charge in [-0.3, -0.25) is 0 Å². The van der Waals surface area contributed by atoms with E-state index in [-0.39, 0.29) is 0 Å². The summed E-state index contributed by atoms with van der Waals surface area (Å²) in [5, 5.41) is 19.6. The summed E-state index contributed by atoms with van der Waals surface area (Å²) in [6, 6.07) is 8.04. The molecule has 0 aliphatic rings. The second-order valence-electron chi connectivity index (χ2n) is 5.66. The summed E-state index contributed by atoms with van der Waals surface area (Å²) in [6.07, 6.45) is 5.19. The van der Waals surface area contributed by atoms with Gasteiger partial charge in [0.15, 0.2) is 0 Å². The summed E-state index contributed by atoms with van der Waals surface area (Å²) in [5.74, 6) is 0.904. The molecule has 120 valence electrons. The number of unbranched alkanes of at least 4 members (excludes halogenated alkanes) is 2. The van der Waals surface area contributed by atoms with Crippen LogP contribution in [0.4, 0.5) is 0 Å². The number of rotatable bonds is 11. The van der Waals surface area contributed by atoms with Crippen LogP contribution in [0.25, 0.3) is 0 Å². The highest BCUT2D eigenvalue weighted by Gasteiger charge is 2.14. The largest absolute Gasteiger partial charge is 0.494 e. The van der Waals surface area contributed by atoms with Gasteiger partial charge < -0.3 is 14.9 Å². The van der Waals surface area contributed by atoms with Crippen LogP contribution < -0.4 is 4.74 Å². The maximum atomic E-state index is 9.86. The molecule has 3 nitrogen and oxygen atoms in total. The number of aryl methyl sites for hydroxylation is 1. The van der Waals surface area contributed by atoms with E-state index in [0.717, 1.165) is 31.6 Å². The second kappa shape index (κ2) is 10.6. The van der Waals surface area contributed by atoms with Gasteiger partial charge in [-0.1, -0.05) is 45.2 Å². The van der Waals surface area contributed by atoms with Gasteiger partial charge in [-0.05, 0) is 43.4 Å². The summed E-state index contributed by atoms with van der Waals surface area (Å²) in [4.78, 5) is 0. The van der Waals surface area contributed by atoms with Crippen molar-refractivity contribution in [3.63, 3.8) is 0 Å². The predicted octanol–water partition coefficient (Wildman–Crippen LogP) is 3.71. The van der Waals surface area contributed by atoms with Crippen molar-refractivity contribution in [2.75, 3.05) is 6.61 Å². The average molecular weight is 294 g/mol. The highest BCUT2D eigenvalue weighted by atomic mass is 16.5. The Morgan fingerprint density at radius 1 is 0.905 bits per heavy atom. The maximum absolute atomic E-state index is 9.86. The number of aliphatic hydroxyl groups is 2. The Morgan fingerprint density at radius 2 is 1.57 bits per heavy atom. The van der Waals surface area contributed by atoms with E-state index < -0.39 is 12.2 Å². The molecule has 0 fully saturated rings. The molecule has 0 heterocycles. The first kappa shape index (κ1) is 18.0. The summed E-state index contributed by atoms with van der Waals surface area (Å²) in [5.41, 5.74) is 1.17. The van der Waals surface area contributed by atoms with Crippen LogP contribution in [0, 0.1) is 0 Å². The van der Waals surface area contributed by atoms with E-state index in [9.17, 15) is 10.2 Å². The Hall–Kier alpha value is -1.06. The predicted molar refractivity (Wildman–Crippen MR) is 86.7 cm³/mol. The second-order valence-corrected chi connectivity index (χ2v) is 5.66. The van der Waals surface area contributed by atoms with Crippen molar-refractivity contribution >= 4 is 0 Å². The van der Waals surface area contributed by atoms with Crippen molar-refractivity contribution in [3.8, 4) is 5.75 Å². The normalized spacial score (nSPS) is 13.9. The molecule has 0 bridgehead atoms. The minimum absolute atomic E-state index is 0.595. The number of ether oxygens (including phenoxy) is 1. The first-order chi connectivity index (χ1) is 10.2.